The van der Waals surface area contributed by atoms with Crippen LogP contribution in [0.5, 0.6) is 0 Å². The number of ether oxygens (including phenoxy) is 1. The third-order valence-corrected chi connectivity index (χ3v) is 19.0. The summed E-state index contributed by atoms with van der Waals surface area (Å²) in [5.74, 6) is 0.00308. The highest BCUT2D eigenvalue weighted by atomic mass is 32.2. The van der Waals surface area contributed by atoms with Gasteiger partial charge in [-0.2, -0.15) is 8.42 Å². The smallest absolute Gasteiger partial charge is 0.335 e. The van der Waals surface area contributed by atoms with Crippen molar-refractivity contribution in [2.75, 3.05) is 19.8 Å². The summed E-state index contributed by atoms with van der Waals surface area (Å²) >= 11 is 0. The molecule has 7 nitrogen and oxygen atoms in total. The van der Waals surface area contributed by atoms with Crippen LogP contribution in [0, 0.1) is 12.8 Å². The predicted molar refractivity (Wildman–Crippen MR) is 141 cm³/mol. The SMILES string of the molecule is Cc1ccc(S(=O)(=O)OC[C@@H]2OC[C@H]3CO[Si](C(C)C)(C(C)C)O[Si](C(C)C)(C(C)C)O[C@H]32)cc1. The summed E-state index contributed by atoms with van der Waals surface area (Å²) in [5.41, 5.74) is 1.90. The summed E-state index contributed by atoms with van der Waals surface area (Å²) in [6.07, 6.45) is -0.852. The van der Waals surface area contributed by atoms with Crippen molar-refractivity contribution in [1.29, 1.82) is 0 Å². The van der Waals surface area contributed by atoms with Crippen molar-refractivity contribution in [2.45, 2.75) is 102 Å². The molecule has 0 unspecified atom stereocenters. The monoisotopic (exact) mass is 544 g/mol. The zero-order valence-corrected chi connectivity index (χ0v) is 25.6. The van der Waals surface area contributed by atoms with E-state index in [1.807, 2.05) is 6.92 Å². The molecule has 3 atom stereocenters. The summed E-state index contributed by atoms with van der Waals surface area (Å²) in [6.45, 7) is 20.2. The van der Waals surface area contributed by atoms with Crippen LogP contribution >= 0.6 is 0 Å². The fraction of sp³-hybridized carbons (Fsp3) is 0.760. The second kappa shape index (κ2) is 11.0. The lowest BCUT2D eigenvalue weighted by Gasteiger charge is -2.51. The van der Waals surface area contributed by atoms with Crippen molar-refractivity contribution < 1.29 is 30.3 Å². The van der Waals surface area contributed by atoms with Crippen molar-refractivity contribution in [3.8, 4) is 0 Å². The van der Waals surface area contributed by atoms with Crippen LogP contribution in [0.1, 0.15) is 61.0 Å². The Morgan fingerprint density at radius 3 is 1.94 bits per heavy atom. The minimum absolute atomic E-state index is 0.00308. The fourth-order valence-electron chi connectivity index (χ4n) is 5.29. The van der Waals surface area contributed by atoms with Gasteiger partial charge in [0.25, 0.3) is 10.1 Å². The quantitative estimate of drug-likeness (QED) is 0.308. The van der Waals surface area contributed by atoms with Gasteiger partial charge < -0.3 is 17.7 Å². The van der Waals surface area contributed by atoms with Crippen LogP contribution in [0.15, 0.2) is 29.2 Å². The average Bonchev–Trinajstić information content (AvgIpc) is 3.12. The standard InChI is InChI=1S/C25H44O7SSi2/c1-17(2)34(18(3)4)30-15-22-14-28-24(25(22)31-35(32-34,19(5)6)20(7)8)16-29-33(26,27)23-12-10-21(9)11-13-23/h10-13,17-20,22,24-25H,14-16H2,1-9H3/t22-,24-,25+/m0/s1. The van der Waals surface area contributed by atoms with Crippen LogP contribution < -0.4 is 0 Å². The van der Waals surface area contributed by atoms with Crippen molar-refractivity contribution in [2.24, 2.45) is 5.92 Å². The van der Waals surface area contributed by atoms with Gasteiger partial charge in [-0.15, -0.1) is 0 Å². The van der Waals surface area contributed by atoms with Gasteiger partial charge in [0.05, 0.1) is 24.2 Å². The molecule has 2 aliphatic rings. The van der Waals surface area contributed by atoms with E-state index >= 15 is 0 Å². The normalized spacial score (nSPS) is 26.8. The van der Waals surface area contributed by atoms with Crippen LogP contribution in [-0.2, 0) is 32.0 Å². The molecule has 0 aromatic heterocycles. The summed E-state index contributed by atoms with van der Waals surface area (Å²) in [4.78, 5) is 0.139. The first kappa shape index (κ1) is 29.0. The van der Waals surface area contributed by atoms with E-state index in [-0.39, 0.29) is 45.7 Å². The lowest BCUT2D eigenvalue weighted by Crippen LogP contribution is -2.65. The second-order valence-corrected chi connectivity index (χ2v) is 21.7. The maximum atomic E-state index is 12.8. The van der Waals surface area contributed by atoms with Gasteiger partial charge in [-0.1, -0.05) is 73.1 Å². The van der Waals surface area contributed by atoms with E-state index in [4.69, 9.17) is 21.9 Å². The van der Waals surface area contributed by atoms with E-state index in [0.717, 1.165) is 5.56 Å². The Labute approximate surface area is 214 Å². The minimum atomic E-state index is -3.90. The largest absolute Gasteiger partial charge is 0.414 e. The molecule has 0 spiro atoms. The molecule has 0 N–H and O–H groups in total. The van der Waals surface area contributed by atoms with Crippen LogP contribution in [-0.4, -0.2) is 57.6 Å². The molecule has 200 valence electrons. The number of hydrogen-bond donors (Lipinski definition) is 0. The van der Waals surface area contributed by atoms with E-state index in [1.165, 1.54) is 0 Å². The molecule has 35 heavy (non-hydrogen) atoms. The number of fused-ring (bicyclic) bond motifs is 1. The summed E-state index contributed by atoms with van der Waals surface area (Å²) in [7, 11) is -9.31. The Morgan fingerprint density at radius 2 is 1.43 bits per heavy atom. The molecule has 2 fully saturated rings. The molecule has 1 aromatic carbocycles. The highest BCUT2D eigenvalue weighted by molar-refractivity contribution is 7.86. The minimum Gasteiger partial charge on any atom is -0.414 e. The lowest BCUT2D eigenvalue weighted by molar-refractivity contribution is -0.00647. The Bertz CT molecular complexity index is 931. The molecule has 0 aliphatic carbocycles. The van der Waals surface area contributed by atoms with Gasteiger partial charge in [0.1, 0.15) is 6.10 Å². The first-order valence-electron chi connectivity index (χ1n) is 12.8. The van der Waals surface area contributed by atoms with Gasteiger partial charge in [0.2, 0.25) is 0 Å². The van der Waals surface area contributed by atoms with Crippen molar-refractivity contribution in [3.63, 3.8) is 0 Å². The van der Waals surface area contributed by atoms with Crippen molar-refractivity contribution in [1.82, 2.24) is 0 Å². The number of benzene rings is 1. The maximum absolute atomic E-state index is 12.8. The Kier molecular flexibility index (Phi) is 9.12. The van der Waals surface area contributed by atoms with Crippen LogP contribution in [0.3, 0.4) is 0 Å². The molecule has 0 saturated carbocycles. The van der Waals surface area contributed by atoms with Gasteiger partial charge in [0.15, 0.2) is 0 Å². The fourth-order valence-corrected chi connectivity index (χ4v) is 17.5. The number of aryl methyl sites for hydroxylation is 1. The first-order valence-corrected chi connectivity index (χ1v) is 18.2. The van der Waals surface area contributed by atoms with Crippen molar-refractivity contribution >= 4 is 27.2 Å². The molecule has 2 saturated heterocycles. The zero-order valence-electron chi connectivity index (χ0n) is 22.7. The molecule has 10 heteroatoms. The zero-order chi connectivity index (χ0) is 26.2. The van der Waals surface area contributed by atoms with E-state index in [9.17, 15) is 8.42 Å². The van der Waals surface area contributed by atoms with E-state index in [2.05, 4.69) is 55.4 Å². The number of hydrogen-bond acceptors (Lipinski definition) is 7. The molecular weight excluding hydrogens is 501 g/mol. The third kappa shape index (κ3) is 5.79. The summed E-state index contributed by atoms with van der Waals surface area (Å²) in [5, 5.41) is 0. The Hall–Kier alpha value is -0.596. The topological polar surface area (TPSA) is 80.3 Å². The van der Waals surface area contributed by atoms with Gasteiger partial charge in [-0.05, 0) is 41.2 Å². The average molecular weight is 545 g/mol. The number of rotatable bonds is 8. The van der Waals surface area contributed by atoms with Gasteiger partial charge in [-0.3, -0.25) is 4.18 Å². The van der Waals surface area contributed by atoms with E-state index < -0.39 is 33.3 Å². The Balaban J connectivity index is 1.89. The highest BCUT2D eigenvalue weighted by Gasteiger charge is 2.60. The van der Waals surface area contributed by atoms with Crippen LogP contribution in [0.2, 0.25) is 22.2 Å². The van der Waals surface area contributed by atoms with Crippen molar-refractivity contribution in [3.05, 3.63) is 29.8 Å². The molecule has 0 bridgehead atoms. The molecule has 0 radical (unpaired) electrons. The van der Waals surface area contributed by atoms with E-state index in [1.54, 1.807) is 24.3 Å². The molecule has 2 aliphatic heterocycles. The second-order valence-electron chi connectivity index (χ2n) is 11.2. The first-order chi connectivity index (χ1) is 16.2. The summed E-state index contributed by atoms with van der Waals surface area (Å²) in [6, 6.07) is 6.65. The van der Waals surface area contributed by atoms with Crippen LogP contribution in [0.4, 0.5) is 0 Å². The highest BCUT2D eigenvalue weighted by Crippen LogP contribution is 2.47. The molecule has 0 amide bonds. The lowest BCUT2D eigenvalue weighted by atomic mass is 10.0. The molecular formula is C25H44O7SSi2. The molecule has 2 heterocycles. The Morgan fingerprint density at radius 1 is 0.886 bits per heavy atom. The van der Waals surface area contributed by atoms with Gasteiger partial charge in [-0.25, -0.2) is 0 Å². The molecule has 1 aromatic rings. The van der Waals surface area contributed by atoms with Gasteiger partial charge in [0, 0.05) is 12.5 Å². The van der Waals surface area contributed by atoms with Crippen LogP contribution in [0.25, 0.3) is 0 Å². The summed E-state index contributed by atoms with van der Waals surface area (Å²) < 4.78 is 58.2. The van der Waals surface area contributed by atoms with Gasteiger partial charge >= 0.3 is 17.1 Å². The maximum Gasteiger partial charge on any atom is 0.335 e. The predicted octanol–water partition coefficient (Wildman–Crippen LogP) is 5.67. The van der Waals surface area contributed by atoms with E-state index in [0.29, 0.717) is 13.2 Å². The third-order valence-electron chi connectivity index (χ3n) is 7.43. The molecule has 3 rings (SSSR count).